The summed E-state index contributed by atoms with van der Waals surface area (Å²) < 4.78 is 0. The molecule has 0 aliphatic rings. The minimum Gasteiger partial charge on any atom is -0.397 e. The molecule has 0 atom stereocenters. The summed E-state index contributed by atoms with van der Waals surface area (Å²) in [5, 5.41) is 12.3. The van der Waals surface area contributed by atoms with Crippen molar-refractivity contribution in [2.24, 2.45) is 0 Å². The van der Waals surface area contributed by atoms with Gasteiger partial charge in [-0.15, -0.1) is 0 Å². The molecule has 0 fully saturated rings. The van der Waals surface area contributed by atoms with Crippen LogP contribution in [0.5, 0.6) is 0 Å². The van der Waals surface area contributed by atoms with Crippen LogP contribution in [0.2, 0.25) is 5.02 Å². The van der Waals surface area contributed by atoms with Gasteiger partial charge in [-0.3, -0.25) is 9.69 Å². The zero-order valence-electron chi connectivity index (χ0n) is 12.6. The van der Waals surface area contributed by atoms with Crippen LogP contribution in [0.25, 0.3) is 0 Å². The molecule has 0 bridgehead atoms. The molecule has 0 radical (unpaired) electrons. The van der Waals surface area contributed by atoms with E-state index in [1.165, 1.54) is 0 Å². The van der Waals surface area contributed by atoms with Crippen molar-refractivity contribution in [1.29, 1.82) is 0 Å². The van der Waals surface area contributed by atoms with Crippen LogP contribution in [0.3, 0.4) is 0 Å². The summed E-state index contributed by atoms with van der Waals surface area (Å²) in [6.45, 7) is 5.70. The standard InChI is InChI=1S/C15H24ClN3O2/c1-11(2)19(8-9-20)7-3-4-15(21)18-12-5-6-13(16)14(17)10-12/h5-6,10-11,20H,3-4,7-9,17H2,1-2H3,(H,18,21). The lowest BCUT2D eigenvalue weighted by Crippen LogP contribution is -2.34. The number of halogens is 1. The molecule has 0 aliphatic heterocycles. The van der Waals surface area contributed by atoms with E-state index in [0.29, 0.717) is 35.4 Å². The maximum atomic E-state index is 11.9. The predicted octanol–water partition coefficient (Wildman–Crippen LogP) is 2.34. The van der Waals surface area contributed by atoms with Gasteiger partial charge >= 0.3 is 0 Å². The monoisotopic (exact) mass is 313 g/mol. The van der Waals surface area contributed by atoms with Gasteiger partial charge in [0.05, 0.1) is 17.3 Å². The third-order valence-electron chi connectivity index (χ3n) is 3.25. The van der Waals surface area contributed by atoms with Crippen molar-refractivity contribution in [3.05, 3.63) is 23.2 Å². The summed E-state index contributed by atoms with van der Waals surface area (Å²) in [4.78, 5) is 14.0. The number of nitrogens with one attached hydrogen (secondary N) is 1. The molecule has 1 amide bonds. The predicted molar refractivity (Wildman–Crippen MR) is 87.5 cm³/mol. The van der Waals surface area contributed by atoms with E-state index in [4.69, 9.17) is 22.4 Å². The maximum Gasteiger partial charge on any atom is 0.224 e. The summed E-state index contributed by atoms with van der Waals surface area (Å²) >= 11 is 5.83. The summed E-state index contributed by atoms with van der Waals surface area (Å²) in [6.07, 6.45) is 1.17. The average Bonchev–Trinajstić information content (AvgIpc) is 2.42. The topological polar surface area (TPSA) is 78.6 Å². The highest BCUT2D eigenvalue weighted by atomic mass is 35.5. The normalized spacial score (nSPS) is 11.1. The Morgan fingerprint density at radius 1 is 1.43 bits per heavy atom. The van der Waals surface area contributed by atoms with Crippen LogP contribution in [0.1, 0.15) is 26.7 Å². The van der Waals surface area contributed by atoms with Gasteiger partial charge in [0, 0.05) is 24.7 Å². The fraction of sp³-hybridized carbons (Fsp3) is 0.533. The van der Waals surface area contributed by atoms with E-state index < -0.39 is 0 Å². The van der Waals surface area contributed by atoms with Crippen molar-refractivity contribution in [2.45, 2.75) is 32.7 Å². The number of benzene rings is 1. The maximum absolute atomic E-state index is 11.9. The molecule has 0 saturated heterocycles. The van der Waals surface area contributed by atoms with Crippen LogP contribution in [-0.4, -0.2) is 41.7 Å². The minimum atomic E-state index is -0.0515. The lowest BCUT2D eigenvalue weighted by molar-refractivity contribution is -0.116. The quantitative estimate of drug-likeness (QED) is 0.644. The molecule has 1 aromatic carbocycles. The Kier molecular flexibility index (Phi) is 7.50. The van der Waals surface area contributed by atoms with Crippen molar-refractivity contribution in [2.75, 3.05) is 30.7 Å². The molecule has 1 aromatic rings. The van der Waals surface area contributed by atoms with E-state index in [0.717, 1.165) is 13.0 Å². The number of rotatable bonds is 8. The number of nitrogen functional groups attached to an aromatic ring is 1. The van der Waals surface area contributed by atoms with Gasteiger partial charge in [0.1, 0.15) is 0 Å². The second-order valence-electron chi connectivity index (χ2n) is 5.24. The van der Waals surface area contributed by atoms with Gasteiger partial charge in [0.2, 0.25) is 5.91 Å². The fourth-order valence-corrected chi connectivity index (χ4v) is 2.16. The van der Waals surface area contributed by atoms with Crippen LogP contribution in [0.15, 0.2) is 18.2 Å². The molecule has 0 saturated carbocycles. The number of nitrogens with two attached hydrogens (primary N) is 1. The Hall–Kier alpha value is -1.30. The Morgan fingerprint density at radius 3 is 2.71 bits per heavy atom. The molecule has 0 spiro atoms. The van der Waals surface area contributed by atoms with Crippen molar-refractivity contribution >= 4 is 28.9 Å². The first-order valence-electron chi connectivity index (χ1n) is 7.13. The van der Waals surface area contributed by atoms with Crippen LogP contribution < -0.4 is 11.1 Å². The number of aliphatic hydroxyl groups excluding tert-OH is 1. The van der Waals surface area contributed by atoms with Gasteiger partial charge in [0.15, 0.2) is 0 Å². The Bertz CT molecular complexity index is 466. The third-order valence-corrected chi connectivity index (χ3v) is 3.59. The smallest absolute Gasteiger partial charge is 0.224 e. The SMILES string of the molecule is CC(C)N(CCO)CCCC(=O)Nc1ccc(Cl)c(N)c1. The minimum absolute atomic E-state index is 0.0515. The Balaban J connectivity index is 2.38. The second kappa shape index (κ2) is 8.87. The summed E-state index contributed by atoms with van der Waals surface area (Å²) in [7, 11) is 0. The van der Waals surface area contributed by atoms with E-state index in [9.17, 15) is 4.79 Å². The zero-order chi connectivity index (χ0) is 15.8. The summed E-state index contributed by atoms with van der Waals surface area (Å²) in [5.74, 6) is -0.0515. The number of hydrogen-bond donors (Lipinski definition) is 3. The van der Waals surface area contributed by atoms with Gasteiger partial charge in [-0.1, -0.05) is 11.6 Å². The van der Waals surface area contributed by atoms with E-state index in [-0.39, 0.29) is 12.5 Å². The molecule has 0 aliphatic carbocycles. The van der Waals surface area contributed by atoms with Crippen molar-refractivity contribution in [3.63, 3.8) is 0 Å². The van der Waals surface area contributed by atoms with Gasteiger partial charge in [-0.05, 0) is 45.0 Å². The molecule has 21 heavy (non-hydrogen) atoms. The van der Waals surface area contributed by atoms with Gasteiger partial charge < -0.3 is 16.2 Å². The van der Waals surface area contributed by atoms with Crippen LogP contribution in [-0.2, 0) is 4.79 Å². The third kappa shape index (κ3) is 6.33. The molecule has 0 unspecified atom stereocenters. The molecule has 4 N–H and O–H groups in total. The zero-order valence-corrected chi connectivity index (χ0v) is 13.4. The molecule has 0 aromatic heterocycles. The molecule has 0 heterocycles. The molecular weight excluding hydrogens is 290 g/mol. The van der Waals surface area contributed by atoms with E-state index in [1.54, 1.807) is 18.2 Å². The largest absolute Gasteiger partial charge is 0.397 e. The van der Waals surface area contributed by atoms with Crippen molar-refractivity contribution in [3.8, 4) is 0 Å². The Labute approximate surface area is 131 Å². The number of nitrogens with zero attached hydrogens (tertiary/aromatic N) is 1. The van der Waals surface area contributed by atoms with Gasteiger partial charge in [-0.2, -0.15) is 0 Å². The molecular formula is C15H24ClN3O2. The van der Waals surface area contributed by atoms with Crippen LogP contribution in [0.4, 0.5) is 11.4 Å². The van der Waals surface area contributed by atoms with E-state index >= 15 is 0 Å². The van der Waals surface area contributed by atoms with Crippen LogP contribution >= 0.6 is 11.6 Å². The fourth-order valence-electron chi connectivity index (χ4n) is 2.04. The number of carbonyl (C=O) groups excluding carboxylic acids is 1. The van der Waals surface area contributed by atoms with E-state index in [1.807, 2.05) is 0 Å². The molecule has 118 valence electrons. The number of hydrogen-bond acceptors (Lipinski definition) is 4. The summed E-state index contributed by atoms with van der Waals surface area (Å²) in [6, 6.07) is 5.39. The Morgan fingerprint density at radius 2 is 2.14 bits per heavy atom. The summed E-state index contributed by atoms with van der Waals surface area (Å²) in [5.41, 5.74) is 6.79. The van der Waals surface area contributed by atoms with Crippen LogP contribution in [0, 0.1) is 0 Å². The lowest BCUT2D eigenvalue weighted by Gasteiger charge is -2.25. The highest BCUT2D eigenvalue weighted by Gasteiger charge is 2.10. The highest BCUT2D eigenvalue weighted by Crippen LogP contribution is 2.22. The molecule has 5 nitrogen and oxygen atoms in total. The second-order valence-corrected chi connectivity index (χ2v) is 5.65. The van der Waals surface area contributed by atoms with Gasteiger partial charge in [0.25, 0.3) is 0 Å². The lowest BCUT2D eigenvalue weighted by atomic mass is 10.2. The first-order chi connectivity index (χ1) is 9.93. The average molecular weight is 314 g/mol. The van der Waals surface area contributed by atoms with Crippen molar-refractivity contribution < 1.29 is 9.90 Å². The number of anilines is 2. The number of aliphatic hydroxyl groups is 1. The van der Waals surface area contributed by atoms with E-state index in [2.05, 4.69) is 24.1 Å². The molecule has 6 heteroatoms. The first kappa shape index (κ1) is 17.8. The van der Waals surface area contributed by atoms with Crippen molar-refractivity contribution in [1.82, 2.24) is 4.90 Å². The molecule has 1 rings (SSSR count). The first-order valence-corrected chi connectivity index (χ1v) is 7.51. The number of amides is 1. The van der Waals surface area contributed by atoms with Gasteiger partial charge in [-0.25, -0.2) is 0 Å². The highest BCUT2D eigenvalue weighted by molar-refractivity contribution is 6.33. The number of carbonyl (C=O) groups is 1.